The molecule has 0 heterocycles. The summed E-state index contributed by atoms with van der Waals surface area (Å²) in [6.07, 6.45) is 0. The first-order chi connectivity index (χ1) is 5.38. The molecule has 1 rings (SSSR count). The van der Waals surface area contributed by atoms with Crippen molar-refractivity contribution in [2.75, 3.05) is 0 Å². The molecular formula is C8H6N2O. The minimum atomic E-state index is 0.0330. The Morgan fingerprint density at radius 1 is 1.36 bits per heavy atom. The second kappa shape index (κ2) is 3.37. The number of nitriles is 1. The molecule has 0 aromatic heterocycles. The van der Waals surface area contributed by atoms with E-state index < -0.39 is 0 Å². The molecule has 0 saturated carbocycles. The molecule has 11 heavy (non-hydrogen) atoms. The van der Waals surface area contributed by atoms with Crippen molar-refractivity contribution < 1.29 is 5.21 Å². The maximum Gasteiger partial charge on any atom is 0.186 e. The Hall–Kier alpha value is -1.82. The van der Waals surface area contributed by atoms with Gasteiger partial charge in [0.05, 0.1) is 0 Å². The molecule has 0 aliphatic heterocycles. The van der Waals surface area contributed by atoms with Gasteiger partial charge in [0.1, 0.15) is 6.07 Å². The molecular weight excluding hydrogens is 140 g/mol. The van der Waals surface area contributed by atoms with Gasteiger partial charge in [0.25, 0.3) is 0 Å². The molecule has 0 amide bonds. The van der Waals surface area contributed by atoms with E-state index in [0.717, 1.165) is 0 Å². The fraction of sp³-hybridized carbons (Fsp3) is 0. The third-order valence-electron chi connectivity index (χ3n) is 1.25. The number of nitrogens with zero attached hydrogens (tertiary/aromatic N) is 2. The fourth-order valence-corrected chi connectivity index (χ4v) is 0.741. The van der Waals surface area contributed by atoms with Crippen LogP contribution in [0.4, 0.5) is 0 Å². The van der Waals surface area contributed by atoms with Gasteiger partial charge in [0.15, 0.2) is 5.71 Å². The zero-order chi connectivity index (χ0) is 8.10. The Morgan fingerprint density at radius 3 is 2.45 bits per heavy atom. The molecule has 0 aliphatic rings. The molecule has 0 spiro atoms. The number of benzene rings is 1. The summed E-state index contributed by atoms with van der Waals surface area (Å²) in [6, 6.07) is 10.6. The van der Waals surface area contributed by atoms with Gasteiger partial charge in [-0.05, 0) is 0 Å². The van der Waals surface area contributed by atoms with Crippen LogP contribution in [-0.4, -0.2) is 10.9 Å². The molecule has 1 aromatic carbocycles. The van der Waals surface area contributed by atoms with Gasteiger partial charge >= 0.3 is 0 Å². The summed E-state index contributed by atoms with van der Waals surface area (Å²) < 4.78 is 0. The second-order valence-electron chi connectivity index (χ2n) is 1.93. The molecule has 0 atom stereocenters. The van der Waals surface area contributed by atoms with E-state index in [4.69, 9.17) is 10.5 Å². The number of rotatable bonds is 1. The van der Waals surface area contributed by atoms with Crippen LogP contribution in [-0.2, 0) is 0 Å². The molecule has 0 aliphatic carbocycles. The van der Waals surface area contributed by atoms with Crippen LogP contribution in [0.5, 0.6) is 0 Å². The third-order valence-corrected chi connectivity index (χ3v) is 1.25. The van der Waals surface area contributed by atoms with E-state index in [0.29, 0.717) is 5.56 Å². The monoisotopic (exact) mass is 146 g/mol. The minimum Gasteiger partial charge on any atom is -0.410 e. The van der Waals surface area contributed by atoms with Gasteiger partial charge in [0.2, 0.25) is 0 Å². The zero-order valence-corrected chi connectivity index (χ0v) is 5.73. The van der Waals surface area contributed by atoms with Crippen molar-refractivity contribution in [3.63, 3.8) is 0 Å². The lowest BCUT2D eigenvalue weighted by Gasteiger charge is -1.91. The first-order valence-corrected chi connectivity index (χ1v) is 3.06. The normalized spacial score (nSPS) is 10.6. The molecule has 0 saturated heterocycles. The zero-order valence-electron chi connectivity index (χ0n) is 5.73. The van der Waals surface area contributed by atoms with E-state index in [9.17, 15) is 0 Å². The number of hydrogen-bond donors (Lipinski definition) is 1. The maximum atomic E-state index is 8.44. The van der Waals surface area contributed by atoms with Crippen LogP contribution in [0.15, 0.2) is 35.5 Å². The Balaban J connectivity index is 3.05. The average Bonchev–Trinajstić information content (AvgIpc) is 2.09. The van der Waals surface area contributed by atoms with Gasteiger partial charge in [-0.25, -0.2) is 0 Å². The van der Waals surface area contributed by atoms with Gasteiger partial charge in [-0.3, -0.25) is 0 Å². The van der Waals surface area contributed by atoms with Crippen LogP contribution in [0, 0.1) is 11.3 Å². The van der Waals surface area contributed by atoms with E-state index in [1.165, 1.54) is 0 Å². The van der Waals surface area contributed by atoms with Gasteiger partial charge in [0, 0.05) is 5.56 Å². The van der Waals surface area contributed by atoms with Crippen LogP contribution in [0.2, 0.25) is 0 Å². The summed E-state index contributed by atoms with van der Waals surface area (Å²) in [4.78, 5) is 0. The van der Waals surface area contributed by atoms with Crippen LogP contribution in [0.1, 0.15) is 5.56 Å². The van der Waals surface area contributed by atoms with E-state index in [1.54, 1.807) is 30.3 Å². The molecule has 0 bridgehead atoms. The third kappa shape index (κ3) is 1.55. The molecule has 1 N–H and O–H groups in total. The Morgan fingerprint density at radius 2 is 2.00 bits per heavy atom. The predicted molar refractivity (Wildman–Crippen MR) is 40.4 cm³/mol. The van der Waals surface area contributed by atoms with Crippen LogP contribution >= 0.6 is 0 Å². The molecule has 0 unspecified atom stereocenters. The van der Waals surface area contributed by atoms with Crippen molar-refractivity contribution >= 4 is 5.71 Å². The highest BCUT2D eigenvalue weighted by Crippen LogP contribution is 1.99. The summed E-state index contributed by atoms with van der Waals surface area (Å²) in [5.74, 6) is 0. The van der Waals surface area contributed by atoms with Crippen molar-refractivity contribution in [1.82, 2.24) is 0 Å². The van der Waals surface area contributed by atoms with Crippen molar-refractivity contribution in [3.8, 4) is 6.07 Å². The van der Waals surface area contributed by atoms with Crippen LogP contribution in [0.3, 0.4) is 0 Å². The standard InChI is InChI=1S/C8H6N2O/c9-6-8(10-11)7-4-2-1-3-5-7/h1-5,11H. The van der Waals surface area contributed by atoms with E-state index in [1.807, 2.05) is 6.07 Å². The van der Waals surface area contributed by atoms with Gasteiger partial charge in [-0.15, -0.1) is 0 Å². The molecule has 0 radical (unpaired) electrons. The highest BCUT2D eigenvalue weighted by Gasteiger charge is 1.99. The van der Waals surface area contributed by atoms with Crippen molar-refractivity contribution in [2.24, 2.45) is 5.16 Å². The van der Waals surface area contributed by atoms with E-state index in [2.05, 4.69) is 5.16 Å². The number of oxime groups is 1. The van der Waals surface area contributed by atoms with Crippen molar-refractivity contribution in [1.29, 1.82) is 5.26 Å². The smallest absolute Gasteiger partial charge is 0.186 e. The summed E-state index contributed by atoms with van der Waals surface area (Å²) in [7, 11) is 0. The molecule has 0 fully saturated rings. The minimum absolute atomic E-state index is 0.0330. The highest BCUT2D eigenvalue weighted by molar-refractivity contribution is 6.11. The lowest BCUT2D eigenvalue weighted by atomic mass is 10.1. The van der Waals surface area contributed by atoms with Gasteiger partial charge in [-0.2, -0.15) is 5.26 Å². The van der Waals surface area contributed by atoms with E-state index in [-0.39, 0.29) is 5.71 Å². The summed E-state index contributed by atoms with van der Waals surface area (Å²) >= 11 is 0. The first-order valence-electron chi connectivity index (χ1n) is 3.06. The second-order valence-corrected chi connectivity index (χ2v) is 1.93. The largest absolute Gasteiger partial charge is 0.410 e. The lowest BCUT2D eigenvalue weighted by Crippen LogP contribution is -1.95. The summed E-state index contributed by atoms with van der Waals surface area (Å²) in [6.45, 7) is 0. The first kappa shape index (κ1) is 7.29. The van der Waals surface area contributed by atoms with Gasteiger partial charge in [-0.1, -0.05) is 35.5 Å². The van der Waals surface area contributed by atoms with Crippen LogP contribution in [0.25, 0.3) is 0 Å². The van der Waals surface area contributed by atoms with Gasteiger partial charge < -0.3 is 5.21 Å². The fourth-order valence-electron chi connectivity index (χ4n) is 0.741. The number of hydrogen-bond acceptors (Lipinski definition) is 3. The average molecular weight is 146 g/mol. The quantitative estimate of drug-likeness (QED) is 0.369. The molecule has 1 aromatic rings. The molecule has 3 nitrogen and oxygen atoms in total. The highest BCUT2D eigenvalue weighted by atomic mass is 16.4. The molecule has 3 heteroatoms. The van der Waals surface area contributed by atoms with E-state index >= 15 is 0 Å². The SMILES string of the molecule is N#CC(=NO)c1ccccc1. The lowest BCUT2D eigenvalue weighted by molar-refractivity contribution is 0.320. The maximum absolute atomic E-state index is 8.44. The topological polar surface area (TPSA) is 56.4 Å². The van der Waals surface area contributed by atoms with Crippen LogP contribution < -0.4 is 0 Å². The summed E-state index contributed by atoms with van der Waals surface area (Å²) in [5, 5.41) is 19.6. The van der Waals surface area contributed by atoms with Crippen molar-refractivity contribution in [2.45, 2.75) is 0 Å². The predicted octanol–water partition coefficient (Wildman–Crippen LogP) is 1.39. The Kier molecular flexibility index (Phi) is 2.24. The molecule has 54 valence electrons. The Labute approximate surface area is 64.2 Å². The Bertz CT molecular complexity index is 298. The van der Waals surface area contributed by atoms with Crippen molar-refractivity contribution in [3.05, 3.63) is 35.9 Å². The summed E-state index contributed by atoms with van der Waals surface area (Å²) in [5.41, 5.74) is 0.656.